The highest BCUT2D eigenvalue weighted by Gasteiger charge is 2.07. The van der Waals surface area contributed by atoms with Crippen molar-refractivity contribution in [1.82, 2.24) is 5.32 Å². The van der Waals surface area contributed by atoms with Crippen LogP contribution < -0.4 is 24.8 Å². The van der Waals surface area contributed by atoms with Crippen molar-refractivity contribution in [3.63, 3.8) is 0 Å². The highest BCUT2D eigenvalue weighted by Crippen LogP contribution is 2.30. The Hall–Kier alpha value is -1.68. The number of ether oxygens (including phenoxy) is 3. The van der Waals surface area contributed by atoms with Gasteiger partial charge in [0.05, 0.1) is 25.3 Å². The average molecular weight is 550 g/mol. The third-order valence-corrected chi connectivity index (χ3v) is 4.25. The minimum atomic E-state index is 0. The van der Waals surface area contributed by atoms with Gasteiger partial charge in [0.15, 0.2) is 17.5 Å². The molecule has 148 valence electrons. The van der Waals surface area contributed by atoms with Crippen LogP contribution in [0.4, 0.5) is 5.69 Å². The summed E-state index contributed by atoms with van der Waals surface area (Å²) < 4.78 is 17.1. The van der Waals surface area contributed by atoms with E-state index in [-0.39, 0.29) is 24.0 Å². The van der Waals surface area contributed by atoms with Gasteiger partial charge in [-0.15, -0.1) is 24.0 Å². The SMILES string of the molecule is CCOc1cc(NC(=NC)NCc2ccc(OC)c(Br)c2)ccc1OC.I. The molecule has 0 radical (unpaired) electrons. The number of hydrogen-bond donors (Lipinski definition) is 2. The molecule has 0 aliphatic rings. The monoisotopic (exact) mass is 549 g/mol. The molecule has 0 saturated carbocycles. The number of guanidine groups is 1. The van der Waals surface area contributed by atoms with Gasteiger partial charge in [-0.05, 0) is 52.7 Å². The van der Waals surface area contributed by atoms with Gasteiger partial charge in [0.25, 0.3) is 0 Å². The number of nitrogens with one attached hydrogen (secondary N) is 2. The van der Waals surface area contributed by atoms with Crippen LogP contribution >= 0.6 is 39.9 Å². The molecule has 0 aliphatic heterocycles. The second-order valence-corrected chi connectivity index (χ2v) is 6.17. The summed E-state index contributed by atoms with van der Waals surface area (Å²) in [6.07, 6.45) is 0. The number of benzene rings is 2. The Balaban J connectivity index is 0.00000364. The second kappa shape index (κ2) is 11.9. The highest BCUT2D eigenvalue weighted by atomic mass is 127. The molecule has 0 bridgehead atoms. The topological polar surface area (TPSA) is 64.1 Å². The predicted molar refractivity (Wildman–Crippen MR) is 124 cm³/mol. The maximum absolute atomic E-state index is 5.61. The van der Waals surface area contributed by atoms with E-state index in [4.69, 9.17) is 14.2 Å². The van der Waals surface area contributed by atoms with Crippen LogP contribution in [0.15, 0.2) is 45.9 Å². The quantitative estimate of drug-likeness (QED) is 0.298. The number of nitrogens with zero attached hydrogens (tertiary/aromatic N) is 1. The van der Waals surface area contributed by atoms with Gasteiger partial charge in [0, 0.05) is 25.3 Å². The van der Waals surface area contributed by atoms with E-state index >= 15 is 0 Å². The van der Waals surface area contributed by atoms with Gasteiger partial charge in [-0.3, -0.25) is 4.99 Å². The lowest BCUT2D eigenvalue weighted by molar-refractivity contribution is 0.311. The Morgan fingerprint density at radius 1 is 1.04 bits per heavy atom. The van der Waals surface area contributed by atoms with E-state index in [2.05, 4.69) is 31.6 Å². The van der Waals surface area contributed by atoms with Crippen LogP contribution in [0.25, 0.3) is 0 Å². The summed E-state index contributed by atoms with van der Waals surface area (Å²) in [6.45, 7) is 3.13. The standard InChI is InChI=1S/C19H24BrN3O3.HI/c1-5-26-18-11-14(7-9-17(18)25-4)23-19(21-2)22-12-13-6-8-16(24-3)15(20)10-13;/h6-11H,5,12H2,1-4H3,(H2,21,22,23);1H. The maximum Gasteiger partial charge on any atom is 0.195 e. The van der Waals surface area contributed by atoms with Crippen LogP contribution in [-0.4, -0.2) is 33.8 Å². The number of aliphatic imine (C=N–C) groups is 1. The lowest BCUT2D eigenvalue weighted by Crippen LogP contribution is -2.30. The lowest BCUT2D eigenvalue weighted by atomic mass is 10.2. The van der Waals surface area contributed by atoms with Crippen molar-refractivity contribution >= 4 is 51.6 Å². The van der Waals surface area contributed by atoms with Gasteiger partial charge in [-0.2, -0.15) is 0 Å². The number of rotatable bonds is 7. The zero-order valence-corrected chi connectivity index (χ0v) is 19.8. The fourth-order valence-corrected chi connectivity index (χ4v) is 2.93. The predicted octanol–water partition coefficient (Wildman–Crippen LogP) is 4.67. The highest BCUT2D eigenvalue weighted by molar-refractivity contribution is 14.0. The maximum atomic E-state index is 5.61. The summed E-state index contributed by atoms with van der Waals surface area (Å²) in [5.74, 6) is 2.85. The summed E-state index contributed by atoms with van der Waals surface area (Å²) >= 11 is 3.50. The second-order valence-electron chi connectivity index (χ2n) is 5.32. The van der Waals surface area contributed by atoms with Crippen molar-refractivity contribution in [2.24, 2.45) is 4.99 Å². The Labute approximate surface area is 185 Å². The molecule has 2 aromatic carbocycles. The fraction of sp³-hybridized carbons (Fsp3) is 0.316. The fourth-order valence-electron chi connectivity index (χ4n) is 2.34. The number of methoxy groups -OCH3 is 2. The first kappa shape index (κ1) is 23.4. The Morgan fingerprint density at radius 3 is 2.33 bits per heavy atom. The first-order valence-corrected chi connectivity index (χ1v) is 9.01. The summed E-state index contributed by atoms with van der Waals surface area (Å²) in [7, 11) is 5.00. The summed E-state index contributed by atoms with van der Waals surface area (Å²) in [5.41, 5.74) is 1.96. The molecular formula is C19H25BrIN3O3. The smallest absolute Gasteiger partial charge is 0.195 e. The van der Waals surface area contributed by atoms with E-state index in [1.54, 1.807) is 21.3 Å². The van der Waals surface area contributed by atoms with Crippen molar-refractivity contribution < 1.29 is 14.2 Å². The largest absolute Gasteiger partial charge is 0.496 e. The van der Waals surface area contributed by atoms with Crippen molar-refractivity contribution in [2.75, 3.05) is 33.2 Å². The van der Waals surface area contributed by atoms with Gasteiger partial charge in [-0.1, -0.05) is 6.07 Å². The molecule has 27 heavy (non-hydrogen) atoms. The Morgan fingerprint density at radius 2 is 1.74 bits per heavy atom. The zero-order valence-electron chi connectivity index (χ0n) is 15.8. The van der Waals surface area contributed by atoms with Gasteiger partial charge in [0.2, 0.25) is 0 Å². The van der Waals surface area contributed by atoms with E-state index in [0.717, 1.165) is 21.5 Å². The third kappa shape index (κ3) is 6.76. The Bertz CT molecular complexity index is 772. The van der Waals surface area contributed by atoms with Crippen molar-refractivity contribution in [3.8, 4) is 17.2 Å². The third-order valence-electron chi connectivity index (χ3n) is 3.63. The van der Waals surface area contributed by atoms with E-state index < -0.39 is 0 Å². The summed E-state index contributed by atoms with van der Waals surface area (Å²) in [4.78, 5) is 4.26. The molecule has 0 heterocycles. The van der Waals surface area contributed by atoms with E-state index in [1.807, 2.05) is 43.3 Å². The van der Waals surface area contributed by atoms with Crippen LogP contribution in [0, 0.1) is 0 Å². The van der Waals surface area contributed by atoms with E-state index in [9.17, 15) is 0 Å². The summed E-state index contributed by atoms with van der Waals surface area (Å²) in [6, 6.07) is 11.6. The number of halogens is 2. The minimum absolute atomic E-state index is 0. The molecule has 0 saturated heterocycles. The Kier molecular flexibility index (Phi) is 10.3. The molecular weight excluding hydrogens is 525 g/mol. The van der Waals surface area contributed by atoms with Crippen LogP contribution in [0.5, 0.6) is 17.2 Å². The molecule has 0 unspecified atom stereocenters. The van der Waals surface area contributed by atoms with Crippen molar-refractivity contribution in [2.45, 2.75) is 13.5 Å². The van der Waals surface area contributed by atoms with Crippen LogP contribution in [0.1, 0.15) is 12.5 Å². The van der Waals surface area contributed by atoms with Gasteiger partial charge in [-0.25, -0.2) is 0 Å². The molecule has 2 N–H and O–H groups in total. The first-order valence-electron chi connectivity index (χ1n) is 8.22. The molecule has 2 rings (SSSR count). The normalized spacial score (nSPS) is 10.6. The molecule has 0 atom stereocenters. The van der Waals surface area contributed by atoms with Crippen molar-refractivity contribution in [3.05, 3.63) is 46.4 Å². The number of anilines is 1. The molecule has 0 amide bonds. The molecule has 6 nitrogen and oxygen atoms in total. The van der Waals surface area contributed by atoms with Crippen LogP contribution in [-0.2, 0) is 6.54 Å². The van der Waals surface area contributed by atoms with Gasteiger partial charge in [0.1, 0.15) is 5.75 Å². The average Bonchev–Trinajstić information content (AvgIpc) is 2.65. The van der Waals surface area contributed by atoms with Gasteiger partial charge < -0.3 is 24.8 Å². The molecule has 2 aromatic rings. The van der Waals surface area contributed by atoms with E-state index in [0.29, 0.717) is 30.6 Å². The molecule has 8 heteroatoms. The molecule has 0 fully saturated rings. The molecule has 0 aliphatic carbocycles. The van der Waals surface area contributed by atoms with E-state index in [1.165, 1.54) is 0 Å². The lowest BCUT2D eigenvalue weighted by Gasteiger charge is -2.15. The van der Waals surface area contributed by atoms with Gasteiger partial charge >= 0.3 is 0 Å². The van der Waals surface area contributed by atoms with Crippen LogP contribution in [0.2, 0.25) is 0 Å². The molecule has 0 aromatic heterocycles. The number of hydrogen-bond acceptors (Lipinski definition) is 4. The first-order chi connectivity index (χ1) is 12.6. The van der Waals surface area contributed by atoms with Crippen LogP contribution in [0.3, 0.4) is 0 Å². The minimum Gasteiger partial charge on any atom is -0.496 e. The van der Waals surface area contributed by atoms with Crippen molar-refractivity contribution in [1.29, 1.82) is 0 Å². The zero-order chi connectivity index (χ0) is 18.9. The molecule has 0 spiro atoms. The summed E-state index contributed by atoms with van der Waals surface area (Å²) in [5, 5.41) is 6.54.